The minimum atomic E-state index is -0.791. The van der Waals surface area contributed by atoms with Crippen LogP contribution in [0.25, 0.3) is 0 Å². The van der Waals surface area contributed by atoms with Crippen LogP contribution in [-0.2, 0) is 4.74 Å². The number of rotatable bonds is 7. The molecule has 4 heteroatoms. The van der Waals surface area contributed by atoms with Gasteiger partial charge in [0.05, 0.1) is 12.2 Å². The molecule has 0 aromatic heterocycles. The molecule has 1 atom stereocenters. The van der Waals surface area contributed by atoms with Crippen molar-refractivity contribution in [2.75, 3.05) is 39.9 Å². The zero-order chi connectivity index (χ0) is 10.3. The van der Waals surface area contributed by atoms with Crippen LogP contribution in [0.3, 0.4) is 0 Å². The van der Waals surface area contributed by atoms with Gasteiger partial charge >= 0.3 is 0 Å². The van der Waals surface area contributed by atoms with Crippen molar-refractivity contribution in [1.29, 1.82) is 0 Å². The van der Waals surface area contributed by atoms with E-state index >= 15 is 0 Å². The Kier molecular flexibility index (Phi) is 6.24. The molecule has 0 saturated carbocycles. The molecule has 0 heterocycles. The van der Waals surface area contributed by atoms with Gasteiger partial charge in [0.15, 0.2) is 0 Å². The van der Waals surface area contributed by atoms with Gasteiger partial charge in [-0.3, -0.25) is 0 Å². The van der Waals surface area contributed by atoms with Crippen LogP contribution in [-0.4, -0.2) is 55.5 Å². The summed E-state index contributed by atoms with van der Waals surface area (Å²) in [5.74, 6) is 0. The number of hydrogen-bond donors (Lipinski definition) is 2. The van der Waals surface area contributed by atoms with E-state index in [1.807, 2.05) is 18.9 Å². The number of hydrogen-bond acceptors (Lipinski definition) is 4. The predicted octanol–water partition coefficient (Wildman–Crippen LogP) is -0.336. The van der Waals surface area contributed by atoms with Crippen molar-refractivity contribution in [1.82, 2.24) is 4.90 Å². The number of nitrogens with two attached hydrogens (primary N) is 1. The second-order valence-corrected chi connectivity index (χ2v) is 3.64. The van der Waals surface area contributed by atoms with Gasteiger partial charge in [-0.25, -0.2) is 0 Å². The van der Waals surface area contributed by atoms with Crippen LogP contribution in [0.4, 0.5) is 0 Å². The Balaban J connectivity index is 3.55. The summed E-state index contributed by atoms with van der Waals surface area (Å²) in [6.07, 6.45) is 0. The Bertz CT molecular complexity index is 129. The third-order valence-electron chi connectivity index (χ3n) is 1.87. The van der Waals surface area contributed by atoms with Gasteiger partial charge in [0.1, 0.15) is 0 Å². The second-order valence-electron chi connectivity index (χ2n) is 3.64. The van der Waals surface area contributed by atoms with Gasteiger partial charge in [-0.1, -0.05) is 0 Å². The molecule has 0 aromatic rings. The number of nitrogens with zero attached hydrogens (tertiary/aromatic N) is 1. The summed E-state index contributed by atoms with van der Waals surface area (Å²) in [6, 6.07) is 0. The quantitative estimate of drug-likeness (QED) is 0.539. The molecule has 0 amide bonds. The fraction of sp³-hybridized carbons (Fsp3) is 1.00. The fourth-order valence-electron chi connectivity index (χ4n) is 1.09. The molecule has 13 heavy (non-hydrogen) atoms. The lowest BCUT2D eigenvalue weighted by molar-refractivity contribution is 0.0257. The molecule has 0 bridgehead atoms. The van der Waals surface area contributed by atoms with E-state index in [0.717, 1.165) is 13.2 Å². The van der Waals surface area contributed by atoms with Crippen molar-refractivity contribution in [3.63, 3.8) is 0 Å². The van der Waals surface area contributed by atoms with Crippen LogP contribution in [0.5, 0.6) is 0 Å². The third kappa shape index (κ3) is 6.95. The predicted molar refractivity (Wildman–Crippen MR) is 53.7 cm³/mol. The van der Waals surface area contributed by atoms with Gasteiger partial charge in [-0.05, 0) is 20.9 Å². The Morgan fingerprint density at radius 1 is 1.54 bits per heavy atom. The van der Waals surface area contributed by atoms with Crippen molar-refractivity contribution in [3.05, 3.63) is 0 Å². The van der Waals surface area contributed by atoms with E-state index in [1.165, 1.54) is 0 Å². The van der Waals surface area contributed by atoms with Crippen molar-refractivity contribution < 1.29 is 9.84 Å². The van der Waals surface area contributed by atoms with Gasteiger partial charge in [0.2, 0.25) is 0 Å². The minimum Gasteiger partial charge on any atom is -0.388 e. The Hall–Kier alpha value is -0.160. The molecule has 1 unspecified atom stereocenters. The summed E-state index contributed by atoms with van der Waals surface area (Å²) in [5, 5.41) is 9.64. The SMILES string of the molecule is CCOCCN(C)CC(C)(O)CN. The minimum absolute atomic E-state index is 0.284. The highest BCUT2D eigenvalue weighted by Crippen LogP contribution is 2.02. The van der Waals surface area contributed by atoms with Gasteiger partial charge in [0.25, 0.3) is 0 Å². The summed E-state index contributed by atoms with van der Waals surface area (Å²) in [7, 11) is 1.95. The molecule has 80 valence electrons. The molecule has 3 N–H and O–H groups in total. The molecular formula is C9H22N2O2. The molecule has 0 aromatic carbocycles. The van der Waals surface area contributed by atoms with E-state index < -0.39 is 5.60 Å². The molecule has 0 aliphatic rings. The zero-order valence-corrected chi connectivity index (χ0v) is 8.92. The smallest absolute Gasteiger partial charge is 0.0867 e. The summed E-state index contributed by atoms with van der Waals surface area (Å²) in [5.41, 5.74) is 4.61. The van der Waals surface area contributed by atoms with E-state index in [2.05, 4.69) is 0 Å². The highest BCUT2D eigenvalue weighted by atomic mass is 16.5. The van der Waals surface area contributed by atoms with Crippen molar-refractivity contribution in [3.8, 4) is 0 Å². The van der Waals surface area contributed by atoms with E-state index in [9.17, 15) is 5.11 Å². The lowest BCUT2D eigenvalue weighted by Crippen LogP contribution is -2.45. The molecule has 0 spiro atoms. The lowest BCUT2D eigenvalue weighted by atomic mass is 10.1. The first-order valence-corrected chi connectivity index (χ1v) is 4.70. The summed E-state index contributed by atoms with van der Waals surface area (Å²) < 4.78 is 5.20. The zero-order valence-electron chi connectivity index (χ0n) is 8.92. The average molecular weight is 190 g/mol. The molecule has 0 fully saturated rings. The molecule has 0 aliphatic heterocycles. The van der Waals surface area contributed by atoms with E-state index in [1.54, 1.807) is 6.92 Å². The van der Waals surface area contributed by atoms with Gasteiger partial charge in [-0.2, -0.15) is 0 Å². The Labute approximate surface area is 80.7 Å². The second kappa shape index (κ2) is 6.32. The molecular weight excluding hydrogens is 168 g/mol. The van der Waals surface area contributed by atoms with E-state index in [-0.39, 0.29) is 6.54 Å². The maximum absolute atomic E-state index is 9.64. The van der Waals surface area contributed by atoms with Crippen molar-refractivity contribution >= 4 is 0 Å². The molecule has 4 nitrogen and oxygen atoms in total. The van der Waals surface area contributed by atoms with E-state index in [0.29, 0.717) is 13.2 Å². The van der Waals surface area contributed by atoms with E-state index in [4.69, 9.17) is 10.5 Å². The maximum atomic E-state index is 9.64. The first-order valence-electron chi connectivity index (χ1n) is 4.70. The largest absolute Gasteiger partial charge is 0.388 e. The van der Waals surface area contributed by atoms with Gasteiger partial charge < -0.3 is 20.5 Å². The topological polar surface area (TPSA) is 58.7 Å². The standard InChI is InChI=1S/C9H22N2O2/c1-4-13-6-5-11(3)8-9(2,12)7-10/h12H,4-8,10H2,1-3H3. The summed E-state index contributed by atoms with van der Waals surface area (Å²) in [6.45, 7) is 6.83. The highest BCUT2D eigenvalue weighted by Gasteiger charge is 2.19. The van der Waals surface area contributed by atoms with Crippen molar-refractivity contribution in [2.24, 2.45) is 5.73 Å². The Morgan fingerprint density at radius 2 is 2.15 bits per heavy atom. The van der Waals surface area contributed by atoms with Gasteiger partial charge in [-0.15, -0.1) is 0 Å². The first-order chi connectivity index (χ1) is 6.02. The maximum Gasteiger partial charge on any atom is 0.0867 e. The molecule has 0 radical (unpaired) electrons. The van der Waals surface area contributed by atoms with Crippen LogP contribution in [0.2, 0.25) is 0 Å². The lowest BCUT2D eigenvalue weighted by Gasteiger charge is -2.27. The van der Waals surface area contributed by atoms with Crippen molar-refractivity contribution in [2.45, 2.75) is 19.4 Å². The normalized spacial score (nSPS) is 16.2. The van der Waals surface area contributed by atoms with Crippen LogP contribution < -0.4 is 5.73 Å². The highest BCUT2D eigenvalue weighted by molar-refractivity contribution is 4.76. The average Bonchev–Trinajstić information content (AvgIpc) is 2.04. The van der Waals surface area contributed by atoms with Gasteiger partial charge in [0, 0.05) is 26.2 Å². The summed E-state index contributed by atoms with van der Waals surface area (Å²) >= 11 is 0. The first kappa shape index (κ1) is 12.8. The number of ether oxygens (including phenoxy) is 1. The van der Waals surface area contributed by atoms with Crippen LogP contribution in [0, 0.1) is 0 Å². The number of likely N-dealkylation sites (N-methyl/N-ethyl adjacent to an activating group) is 1. The fourth-order valence-corrected chi connectivity index (χ4v) is 1.09. The Morgan fingerprint density at radius 3 is 2.62 bits per heavy atom. The molecule has 0 aliphatic carbocycles. The number of aliphatic hydroxyl groups is 1. The van der Waals surface area contributed by atoms with Crippen LogP contribution >= 0.6 is 0 Å². The van der Waals surface area contributed by atoms with Crippen LogP contribution in [0.15, 0.2) is 0 Å². The van der Waals surface area contributed by atoms with Crippen LogP contribution in [0.1, 0.15) is 13.8 Å². The molecule has 0 rings (SSSR count). The molecule has 0 saturated heterocycles. The third-order valence-corrected chi connectivity index (χ3v) is 1.87. The summed E-state index contributed by atoms with van der Waals surface area (Å²) in [4.78, 5) is 2.02. The monoisotopic (exact) mass is 190 g/mol.